The van der Waals surface area contributed by atoms with E-state index in [0.717, 1.165) is 36.1 Å². The van der Waals surface area contributed by atoms with Crippen LogP contribution in [0.3, 0.4) is 0 Å². The Balaban J connectivity index is 2.09. The Kier molecular flexibility index (Phi) is 3.62. The first-order valence-corrected chi connectivity index (χ1v) is 8.99. The molecule has 0 aliphatic heterocycles. The lowest BCUT2D eigenvalue weighted by Crippen LogP contribution is -2.23. The number of rotatable bonds is 2. The van der Waals surface area contributed by atoms with Crippen LogP contribution in [0.25, 0.3) is 15.9 Å². The van der Waals surface area contributed by atoms with Gasteiger partial charge in [0.1, 0.15) is 5.00 Å². The van der Waals surface area contributed by atoms with Crippen LogP contribution in [0.15, 0.2) is 29.1 Å². The van der Waals surface area contributed by atoms with Crippen LogP contribution in [-0.4, -0.2) is 15.5 Å². The van der Waals surface area contributed by atoms with E-state index in [2.05, 4.69) is 4.98 Å². The number of hydrogen-bond donors (Lipinski definition) is 2. The van der Waals surface area contributed by atoms with Crippen molar-refractivity contribution in [3.8, 4) is 5.00 Å². The van der Waals surface area contributed by atoms with Crippen LogP contribution in [0.5, 0.6) is 0 Å². The molecule has 1 aliphatic rings. The normalized spacial score (nSPS) is 13.8. The molecule has 0 saturated carbocycles. The van der Waals surface area contributed by atoms with E-state index in [9.17, 15) is 9.59 Å². The van der Waals surface area contributed by atoms with Gasteiger partial charge >= 0.3 is 0 Å². The molecule has 24 heavy (non-hydrogen) atoms. The summed E-state index contributed by atoms with van der Waals surface area (Å²) in [5.41, 5.74) is 7.54. The number of hydrogen-bond acceptors (Lipinski definition) is 4. The highest BCUT2D eigenvalue weighted by Gasteiger charge is 2.26. The Morgan fingerprint density at radius 3 is 2.79 bits per heavy atom. The van der Waals surface area contributed by atoms with E-state index in [1.54, 1.807) is 12.1 Å². The molecule has 0 spiro atoms. The zero-order valence-corrected chi connectivity index (χ0v) is 14.4. The molecule has 0 bridgehead atoms. The van der Waals surface area contributed by atoms with Gasteiger partial charge in [-0.05, 0) is 55.6 Å². The lowest BCUT2D eigenvalue weighted by Gasteiger charge is -2.11. The highest BCUT2D eigenvalue weighted by atomic mass is 32.1. The largest absolute Gasteiger partial charge is 0.365 e. The first-order valence-electron chi connectivity index (χ1n) is 7.76. The number of nitrogens with one attached hydrogen (secondary N) is 1. The van der Waals surface area contributed by atoms with Gasteiger partial charge in [0.25, 0.3) is 11.5 Å². The van der Waals surface area contributed by atoms with Crippen LogP contribution in [0.2, 0.25) is 0 Å². The second kappa shape index (κ2) is 5.68. The molecule has 0 saturated heterocycles. The maximum absolute atomic E-state index is 13.0. The van der Waals surface area contributed by atoms with Crippen molar-refractivity contribution in [2.75, 3.05) is 0 Å². The van der Waals surface area contributed by atoms with E-state index in [4.69, 9.17) is 18.0 Å². The zero-order chi connectivity index (χ0) is 16.8. The quantitative estimate of drug-likeness (QED) is 0.692. The number of carbonyl (C=O) groups excluding carboxylic acids is 1. The van der Waals surface area contributed by atoms with Gasteiger partial charge in [0, 0.05) is 4.88 Å². The SMILES string of the molecule is NC(=O)c1c(-n2c(=S)[nH]c3ccccc3c2=O)sc2c1CCCC2. The number of aromatic nitrogens is 2. The van der Waals surface area contributed by atoms with Crippen molar-refractivity contribution >= 4 is 40.4 Å². The van der Waals surface area contributed by atoms with E-state index in [0.29, 0.717) is 21.5 Å². The Labute approximate surface area is 146 Å². The van der Waals surface area contributed by atoms with Gasteiger partial charge in [-0.2, -0.15) is 0 Å². The van der Waals surface area contributed by atoms with Crippen LogP contribution < -0.4 is 11.3 Å². The summed E-state index contributed by atoms with van der Waals surface area (Å²) in [5, 5.41) is 1.08. The number of primary amides is 1. The number of aryl methyl sites for hydroxylation is 1. The summed E-state index contributed by atoms with van der Waals surface area (Å²) < 4.78 is 1.69. The van der Waals surface area contributed by atoms with Crippen molar-refractivity contribution in [3.63, 3.8) is 0 Å². The predicted molar refractivity (Wildman–Crippen MR) is 97.8 cm³/mol. The maximum atomic E-state index is 13.0. The van der Waals surface area contributed by atoms with Crippen molar-refractivity contribution in [3.05, 3.63) is 55.4 Å². The van der Waals surface area contributed by atoms with Gasteiger partial charge < -0.3 is 10.7 Å². The third-order valence-corrected chi connectivity index (χ3v) is 5.97. The number of thiophene rings is 1. The van der Waals surface area contributed by atoms with Crippen molar-refractivity contribution in [2.24, 2.45) is 5.73 Å². The molecule has 0 fully saturated rings. The first kappa shape index (κ1) is 15.3. The third kappa shape index (κ3) is 2.23. The van der Waals surface area contributed by atoms with Gasteiger partial charge in [-0.25, -0.2) is 4.57 Å². The molecule has 5 nitrogen and oxygen atoms in total. The van der Waals surface area contributed by atoms with Crippen LogP contribution in [0, 0.1) is 4.77 Å². The van der Waals surface area contributed by atoms with E-state index in [1.807, 2.05) is 12.1 Å². The molecule has 1 amide bonds. The number of aromatic amines is 1. The number of para-hydroxylation sites is 1. The number of nitrogens with zero attached hydrogens (tertiary/aromatic N) is 1. The Morgan fingerprint density at radius 1 is 1.25 bits per heavy atom. The Bertz CT molecular complexity index is 1090. The molecule has 1 aliphatic carbocycles. The summed E-state index contributed by atoms with van der Waals surface area (Å²) >= 11 is 6.85. The molecule has 0 radical (unpaired) electrons. The molecular weight excluding hydrogens is 342 g/mol. The molecule has 0 atom stereocenters. The summed E-state index contributed by atoms with van der Waals surface area (Å²) in [6.07, 6.45) is 3.86. The fourth-order valence-electron chi connectivity index (χ4n) is 3.31. The highest BCUT2D eigenvalue weighted by Crippen LogP contribution is 2.36. The van der Waals surface area contributed by atoms with Crippen molar-refractivity contribution < 1.29 is 4.79 Å². The minimum atomic E-state index is -0.501. The Hall–Kier alpha value is -2.25. The number of fused-ring (bicyclic) bond motifs is 2. The van der Waals surface area contributed by atoms with Crippen molar-refractivity contribution in [2.45, 2.75) is 25.7 Å². The average molecular weight is 357 g/mol. The lowest BCUT2D eigenvalue weighted by molar-refractivity contribution is 0.0999. The topological polar surface area (TPSA) is 80.9 Å². The summed E-state index contributed by atoms with van der Waals surface area (Å²) in [6.45, 7) is 0. The number of carbonyl (C=O) groups is 1. The van der Waals surface area contributed by atoms with Gasteiger partial charge in [0.05, 0.1) is 16.5 Å². The molecule has 2 heterocycles. The van der Waals surface area contributed by atoms with Crippen LogP contribution in [-0.2, 0) is 12.8 Å². The lowest BCUT2D eigenvalue weighted by atomic mass is 9.95. The smallest absolute Gasteiger partial charge is 0.267 e. The van der Waals surface area contributed by atoms with Crippen molar-refractivity contribution in [1.29, 1.82) is 0 Å². The fraction of sp³-hybridized carbons (Fsp3) is 0.235. The zero-order valence-electron chi connectivity index (χ0n) is 12.8. The van der Waals surface area contributed by atoms with Gasteiger partial charge in [0.2, 0.25) is 0 Å². The summed E-state index contributed by atoms with van der Waals surface area (Å²) in [7, 11) is 0. The molecule has 122 valence electrons. The average Bonchev–Trinajstić information content (AvgIpc) is 2.94. The molecule has 4 rings (SSSR count). The second-order valence-electron chi connectivity index (χ2n) is 5.87. The van der Waals surface area contributed by atoms with E-state index in [-0.39, 0.29) is 10.3 Å². The minimum absolute atomic E-state index is 0.226. The molecule has 1 aromatic carbocycles. The monoisotopic (exact) mass is 357 g/mol. The number of amides is 1. The van der Waals surface area contributed by atoms with Gasteiger partial charge in [-0.3, -0.25) is 9.59 Å². The summed E-state index contributed by atoms with van der Waals surface area (Å²) in [4.78, 5) is 29.3. The molecule has 7 heteroatoms. The fourth-order valence-corrected chi connectivity index (χ4v) is 5.05. The van der Waals surface area contributed by atoms with Crippen LogP contribution in [0.1, 0.15) is 33.6 Å². The number of nitrogens with two attached hydrogens (primary N) is 1. The van der Waals surface area contributed by atoms with Crippen LogP contribution >= 0.6 is 23.6 Å². The molecular formula is C17H15N3O2S2. The minimum Gasteiger partial charge on any atom is -0.365 e. The first-order chi connectivity index (χ1) is 11.6. The summed E-state index contributed by atoms with van der Waals surface area (Å²) in [6, 6.07) is 7.21. The number of benzene rings is 1. The van der Waals surface area contributed by atoms with Gasteiger partial charge in [0.15, 0.2) is 4.77 Å². The molecule has 3 N–H and O–H groups in total. The second-order valence-corrected chi connectivity index (χ2v) is 7.34. The number of H-pyrrole nitrogens is 1. The van der Waals surface area contributed by atoms with E-state index < -0.39 is 5.91 Å². The molecule has 0 unspecified atom stereocenters. The van der Waals surface area contributed by atoms with E-state index >= 15 is 0 Å². The third-order valence-electron chi connectivity index (χ3n) is 4.41. The molecule has 2 aromatic heterocycles. The summed E-state index contributed by atoms with van der Waals surface area (Å²) in [5.74, 6) is -0.501. The van der Waals surface area contributed by atoms with Crippen LogP contribution in [0.4, 0.5) is 0 Å². The van der Waals surface area contributed by atoms with Crippen molar-refractivity contribution in [1.82, 2.24) is 9.55 Å². The standard InChI is InChI=1S/C17H15N3O2S2/c18-14(21)13-10-6-2-4-8-12(10)24-16(13)20-15(22)9-5-1-3-7-11(9)19-17(20)23/h1,3,5,7H,2,4,6,8H2,(H2,18,21)(H,19,23). The maximum Gasteiger partial charge on any atom is 0.267 e. The molecule has 3 aromatic rings. The van der Waals surface area contributed by atoms with E-state index in [1.165, 1.54) is 15.9 Å². The van der Waals surface area contributed by atoms with Gasteiger partial charge in [-0.15, -0.1) is 11.3 Å². The van der Waals surface area contributed by atoms with Gasteiger partial charge in [-0.1, -0.05) is 12.1 Å². The predicted octanol–water partition coefficient (Wildman–Crippen LogP) is 3.09. The highest BCUT2D eigenvalue weighted by molar-refractivity contribution is 7.71. The Morgan fingerprint density at radius 2 is 2.00 bits per heavy atom.